The molecule has 0 aliphatic rings. The molecule has 0 aliphatic heterocycles. The molecule has 0 fully saturated rings. The van der Waals surface area contributed by atoms with E-state index in [0.29, 0.717) is 0 Å². The number of halogens is 1. The summed E-state index contributed by atoms with van der Waals surface area (Å²) in [6, 6.07) is 12.4. The zero-order valence-electron chi connectivity index (χ0n) is 17.0. The van der Waals surface area contributed by atoms with E-state index in [0.717, 1.165) is 0 Å². The first kappa shape index (κ1) is 22.8. The number of para-hydroxylation sites is 1. The van der Waals surface area contributed by atoms with E-state index in [-0.39, 0.29) is 17.3 Å². The zero-order chi connectivity index (χ0) is 21.7. The summed E-state index contributed by atoms with van der Waals surface area (Å²) < 4.78 is 46.5. The molecule has 1 amide bonds. The quantitative estimate of drug-likeness (QED) is 0.685. The third kappa shape index (κ3) is 6.54. The van der Waals surface area contributed by atoms with E-state index in [1.54, 1.807) is 30.3 Å². The fourth-order valence-corrected chi connectivity index (χ4v) is 3.72. The van der Waals surface area contributed by atoms with Crippen LogP contribution < -0.4 is 14.8 Å². The summed E-state index contributed by atoms with van der Waals surface area (Å²) >= 11 is 0. The Kier molecular flexibility index (Phi) is 7.37. The van der Waals surface area contributed by atoms with E-state index in [9.17, 15) is 17.6 Å². The highest BCUT2D eigenvalue weighted by molar-refractivity contribution is 7.89. The first-order valence-corrected chi connectivity index (χ1v) is 10.7. The van der Waals surface area contributed by atoms with Crippen LogP contribution in [-0.4, -0.2) is 33.0 Å². The van der Waals surface area contributed by atoms with Gasteiger partial charge in [-0.3, -0.25) is 4.79 Å². The Morgan fingerprint density at radius 3 is 2.24 bits per heavy atom. The van der Waals surface area contributed by atoms with Gasteiger partial charge in [-0.1, -0.05) is 51.1 Å². The highest BCUT2D eigenvalue weighted by atomic mass is 32.2. The molecule has 158 valence electrons. The molecule has 2 rings (SSSR count). The van der Waals surface area contributed by atoms with Gasteiger partial charge in [-0.2, -0.15) is 4.72 Å². The van der Waals surface area contributed by atoms with E-state index >= 15 is 0 Å². The second-order valence-electron chi connectivity index (χ2n) is 7.82. The van der Waals surface area contributed by atoms with E-state index in [1.807, 2.05) is 20.8 Å². The maximum atomic E-state index is 13.8. The Morgan fingerprint density at radius 2 is 1.66 bits per heavy atom. The number of hydrogen-bond acceptors (Lipinski definition) is 4. The maximum absolute atomic E-state index is 13.8. The number of hydrogen-bond donors (Lipinski definition) is 2. The molecule has 0 aliphatic carbocycles. The minimum atomic E-state index is -3.83. The number of amides is 1. The summed E-state index contributed by atoms with van der Waals surface area (Å²) in [4.78, 5) is 12.7. The van der Waals surface area contributed by atoms with Crippen molar-refractivity contribution >= 4 is 15.9 Å². The van der Waals surface area contributed by atoms with Crippen LogP contribution in [-0.2, 0) is 14.8 Å². The monoisotopic (exact) mass is 422 g/mol. The van der Waals surface area contributed by atoms with Gasteiger partial charge in [0.15, 0.2) is 11.6 Å². The van der Waals surface area contributed by atoms with Gasteiger partial charge in [0.2, 0.25) is 15.9 Å². The van der Waals surface area contributed by atoms with Crippen LogP contribution in [0.5, 0.6) is 5.75 Å². The molecule has 2 aromatic carbocycles. The number of sulfonamides is 1. The van der Waals surface area contributed by atoms with Crippen LogP contribution in [0, 0.1) is 11.2 Å². The van der Waals surface area contributed by atoms with Crippen molar-refractivity contribution in [3.05, 3.63) is 60.4 Å². The highest BCUT2D eigenvalue weighted by Gasteiger charge is 2.30. The molecular weight excluding hydrogens is 395 g/mol. The average molecular weight is 423 g/mol. The summed E-state index contributed by atoms with van der Waals surface area (Å²) in [5.74, 6) is -0.897. The predicted molar refractivity (Wildman–Crippen MR) is 110 cm³/mol. The minimum Gasteiger partial charge on any atom is -0.488 e. The lowest BCUT2D eigenvalue weighted by Gasteiger charge is -2.32. The standard InChI is InChI=1S/C21H27FN2O4S/c1-15(24-29(26,27)16-10-6-5-7-11-16)20(25)23-19(21(2,3)4)14-28-18-13-9-8-12-17(18)22/h5-13,15,19,24H,14H2,1-4H3,(H,23,25)/t15-,19?/m0/s1. The van der Waals surface area contributed by atoms with Gasteiger partial charge in [0, 0.05) is 0 Å². The van der Waals surface area contributed by atoms with Gasteiger partial charge in [-0.25, -0.2) is 12.8 Å². The number of carbonyl (C=O) groups excluding carboxylic acids is 1. The van der Waals surface area contributed by atoms with Crippen molar-refractivity contribution in [2.75, 3.05) is 6.61 Å². The molecule has 1 unspecified atom stereocenters. The first-order valence-electron chi connectivity index (χ1n) is 9.26. The molecule has 0 aromatic heterocycles. The molecule has 8 heteroatoms. The number of benzene rings is 2. The summed E-state index contributed by atoms with van der Waals surface area (Å²) in [7, 11) is -3.83. The fraction of sp³-hybridized carbons (Fsp3) is 0.381. The Balaban J connectivity index is 2.04. The lowest BCUT2D eigenvalue weighted by atomic mass is 9.87. The smallest absolute Gasteiger partial charge is 0.241 e. The third-order valence-electron chi connectivity index (χ3n) is 4.38. The number of rotatable bonds is 8. The molecule has 0 bridgehead atoms. The summed E-state index contributed by atoms with van der Waals surface area (Å²) in [6.07, 6.45) is 0. The summed E-state index contributed by atoms with van der Waals surface area (Å²) in [5, 5.41) is 2.81. The Morgan fingerprint density at radius 1 is 1.07 bits per heavy atom. The lowest BCUT2D eigenvalue weighted by Crippen LogP contribution is -2.53. The molecule has 2 atom stereocenters. The molecule has 2 aromatic rings. The van der Waals surface area contributed by atoms with Crippen molar-refractivity contribution in [3.8, 4) is 5.75 Å². The van der Waals surface area contributed by atoms with Gasteiger partial charge < -0.3 is 10.1 Å². The number of carbonyl (C=O) groups is 1. The Hall–Kier alpha value is -2.45. The van der Waals surface area contributed by atoms with E-state index < -0.39 is 39.2 Å². The molecule has 0 spiro atoms. The number of nitrogens with one attached hydrogen (secondary N) is 2. The minimum absolute atomic E-state index is 0.0360. The second kappa shape index (κ2) is 9.37. The maximum Gasteiger partial charge on any atom is 0.241 e. The van der Waals surface area contributed by atoms with Crippen molar-refractivity contribution < 1.29 is 22.3 Å². The van der Waals surface area contributed by atoms with Crippen molar-refractivity contribution in [1.29, 1.82) is 0 Å². The van der Waals surface area contributed by atoms with Crippen LogP contribution in [0.1, 0.15) is 27.7 Å². The van der Waals surface area contributed by atoms with E-state index in [2.05, 4.69) is 10.0 Å². The van der Waals surface area contributed by atoms with Gasteiger partial charge in [0.05, 0.1) is 17.0 Å². The Bertz CT molecular complexity index is 927. The lowest BCUT2D eigenvalue weighted by molar-refractivity contribution is -0.124. The predicted octanol–water partition coefficient (Wildman–Crippen LogP) is 3.10. The molecule has 6 nitrogen and oxygen atoms in total. The molecule has 0 saturated heterocycles. The molecule has 0 saturated carbocycles. The van der Waals surface area contributed by atoms with Crippen LogP contribution in [0.2, 0.25) is 0 Å². The summed E-state index contributed by atoms with van der Waals surface area (Å²) in [6.45, 7) is 7.21. The number of ether oxygens (including phenoxy) is 1. The van der Waals surface area contributed by atoms with Crippen LogP contribution in [0.4, 0.5) is 4.39 Å². The van der Waals surface area contributed by atoms with Crippen molar-refractivity contribution in [2.45, 2.75) is 44.7 Å². The fourth-order valence-electron chi connectivity index (χ4n) is 2.49. The van der Waals surface area contributed by atoms with E-state index in [4.69, 9.17) is 4.74 Å². The first-order chi connectivity index (χ1) is 13.5. The molecular formula is C21H27FN2O4S. The topological polar surface area (TPSA) is 84.5 Å². The van der Waals surface area contributed by atoms with E-state index in [1.165, 1.54) is 31.2 Å². The second-order valence-corrected chi connectivity index (χ2v) is 9.54. The molecule has 0 heterocycles. The average Bonchev–Trinajstić information content (AvgIpc) is 2.65. The van der Waals surface area contributed by atoms with Crippen LogP contribution in [0.3, 0.4) is 0 Å². The SMILES string of the molecule is C[C@H](NS(=O)(=O)c1ccccc1)C(=O)NC(COc1ccccc1F)C(C)(C)C. The van der Waals surface area contributed by atoms with Gasteiger partial charge in [0.1, 0.15) is 6.61 Å². The van der Waals surface area contributed by atoms with Crippen LogP contribution in [0.25, 0.3) is 0 Å². The van der Waals surface area contributed by atoms with Gasteiger partial charge in [-0.15, -0.1) is 0 Å². The Labute approximate surface area is 171 Å². The van der Waals surface area contributed by atoms with Crippen molar-refractivity contribution in [3.63, 3.8) is 0 Å². The normalized spacial score (nSPS) is 14.1. The highest BCUT2D eigenvalue weighted by Crippen LogP contribution is 2.22. The van der Waals surface area contributed by atoms with Crippen molar-refractivity contribution in [1.82, 2.24) is 10.0 Å². The third-order valence-corrected chi connectivity index (χ3v) is 5.94. The molecule has 2 N–H and O–H groups in total. The van der Waals surface area contributed by atoms with Crippen LogP contribution >= 0.6 is 0 Å². The molecule has 29 heavy (non-hydrogen) atoms. The van der Waals surface area contributed by atoms with Crippen molar-refractivity contribution in [2.24, 2.45) is 5.41 Å². The zero-order valence-corrected chi connectivity index (χ0v) is 17.8. The summed E-state index contributed by atoms with van der Waals surface area (Å²) in [5.41, 5.74) is -0.404. The molecule has 0 radical (unpaired) electrons. The van der Waals surface area contributed by atoms with Gasteiger partial charge in [-0.05, 0) is 36.6 Å². The van der Waals surface area contributed by atoms with Gasteiger partial charge >= 0.3 is 0 Å². The van der Waals surface area contributed by atoms with Gasteiger partial charge in [0.25, 0.3) is 0 Å². The largest absolute Gasteiger partial charge is 0.488 e. The van der Waals surface area contributed by atoms with Crippen LogP contribution in [0.15, 0.2) is 59.5 Å².